The van der Waals surface area contributed by atoms with Gasteiger partial charge in [-0.3, -0.25) is 0 Å². The molecule has 11 heavy (non-hydrogen) atoms. The number of rotatable bonds is 2. The van der Waals surface area contributed by atoms with Crippen LogP contribution in [0, 0.1) is 0 Å². The van der Waals surface area contributed by atoms with Crippen LogP contribution >= 0.6 is 0 Å². The second-order valence-corrected chi connectivity index (χ2v) is 2.61. The average molecular weight is 144 g/mol. The van der Waals surface area contributed by atoms with E-state index in [9.17, 15) is 0 Å². The predicted molar refractivity (Wildman–Crippen MR) is 51.2 cm³/mol. The zero-order valence-electron chi connectivity index (χ0n) is 6.80. The molecule has 0 atom stereocenters. The van der Waals surface area contributed by atoms with Gasteiger partial charge in [-0.05, 0) is 18.1 Å². The topological polar surface area (TPSA) is 0 Å². The summed E-state index contributed by atoms with van der Waals surface area (Å²) in [7, 11) is 0. The molecule has 0 saturated carbocycles. The first kappa shape index (κ1) is 7.80. The van der Waals surface area contributed by atoms with Crippen LogP contribution in [0.3, 0.4) is 0 Å². The highest BCUT2D eigenvalue weighted by atomic mass is 14.0. The van der Waals surface area contributed by atoms with Gasteiger partial charge in [0.05, 0.1) is 0 Å². The van der Waals surface area contributed by atoms with E-state index in [2.05, 4.69) is 25.3 Å². The number of allylic oxidation sites excluding steroid dienone is 1. The Morgan fingerprint density at radius 3 is 2.18 bits per heavy atom. The Labute approximate surface area is 67.9 Å². The Balaban J connectivity index is 3.00. The molecule has 0 bridgehead atoms. The molecule has 0 nitrogen and oxygen atoms in total. The van der Waals surface area contributed by atoms with Gasteiger partial charge in [-0.1, -0.05) is 49.1 Å². The third-order valence-electron chi connectivity index (χ3n) is 1.64. The lowest BCUT2D eigenvalue weighted by Crippen LogP contribution is -1.77. The van der Waals surface area contributed by atoms with Gasteiger partial charge in [0, 0.05) is 0 Å². The lowest BCUT2D eigenvalue weighted by molar-refractivity contribution is 1.56. The Morgan fingerprint density at radius 1 is 1.27 bits per heavy atom. The van der Waals surface area contributed by atoms with E-state index in [0.29, 0.717) is 0 Å². The molecule has 0 radical (unpaired) electrons. The third-order valence-corrected chi connectivity index (χ3v) is 1.64. The van der Waals surface area contributed by atoms with Crippen LogP contribution in [-0.4, -0.2) is 0 Å². The fourth-order valence-corrected chi connectivity index (χ4v) is 0.904. The Bertz CT molecular complexity index is 265. The van der Waals surface area contributed by atoms with E-state index in [-0.39, 0.29) is 0 Å². The highest BCUT2D eigenvalue weighted by Gasteiger charge is 1.90. The van der Waals surface area contributed by atoms with Gasteiger partial charge in [0.15, 0.2) is 0 Å². The maximum Gasteiger partial charge on any atom is -0.0233 e. The number of hydrogen-bond donors (Lipinski definition) is 0. The van der Waals surface area contributed by atoms with Crippen LogP contribution < -0.4 is 0 Å². The lowest BCUT2D eigenvalue weighted by atomic mass is 10.1. The minimum atomic E-state index is 1.10. The van der Waals surface area contributed by atoms with E-state index >= 15 is 0 Å². The molecule has 0 unspecified atom stereocenters. The van der Waals surface area contributed by atoms with Crippen LogP contribution in [0.5, 0.6) is 0 Å². The van der Waals surface area contributed by atoms with Gasteiger partial charge in [-0.25, -0.2) is 0 Å². The van der Waals surface area contributed by atoms with Crippen molar-refractivity contribution < 1.29 is 0 Å². The van der Waals surface area contributed by atoms with Crippen LogP contribution in [0.25, 0.3) is 11.6 Å². The van der Waals surface area contributed by atoms with E-state index in [1.807, 2.05) is 25.1 Å². The molecule has 0 amide bonds. The third kappa shape index (κ3) is 1.81. The van der Waals surface area contributed by atoms with Gasteiger partial charge in [-0.2, -0.15) is 0 Å². The Kier molecular flexibility index (Phi) is 2.27. The number of benzene rings is 1. The standard InChI is InChI=1S/C11H12/c1-4-10-5-7-11(8-6-10)9(2)3/h4-8H,1-2H2,3H3. The first-order valence-corrected chi connectivity index (χ1v) is 3.62. The monoisotopic (exact) mass is 144 g/mol. The summed E-state index contributed by atoms with van der Waals surface area (Å²) >= 11 is 0. The normalized spacial score (nSPS) is 9.18. The fraction of sp³-hybridized carbons (Fsp3) is 0.0909. The van der Waals surface area contributed by atoms with Crippen molar-refractivity contribution in [2.75, 3.05) is 0 Å². The van der Waals surface area contributed by atoms with Crippen molar-refractivity contribution in [3.63, 3.8) is 0 Å². The van der Waals surface area contributed by atoms with Gasteiger partial charge < -0.3 is 0 Å². The highest BCUT2D eigenvalue weighted by Crippen LogP contribution is 2.12. The molecule has 0 heterocycles. The zero-order chi connectivity index (χ0) is 8.27. The van der Waals surface area contributed by atoms with E-state index in [1.165, 1.54) is 5.56 Å². The Hall–Kier alpha value is -1.30. The average Bonchev–Trinajstić information content (AvgIpc) is 2.05. The molecule has 56 valence electrons. The minimum absolute atomic E-state index is 1.10. The van der Waals surface area contributed by atoms with Gasteiger partial charge >= 0.3 is 0 Å². The van der Waals surface area contributed by atoms with E-state index < -0.39 is 0 Å². The molecular formula is C11H12. The maximum absolute atomic E-state index is 3.86. The smallest absolute Gasteiger partial charge is 0.0233 e. The molecule has 0 N–H and O–H groups in total. The molecule has 0 saturated heterocycles. The van der Waals surface area contributed by atoms with Crippen LogP contribution in [0.2, 0.25) is 0 Å². The quantitative estimate of drug-likeness (QED) is 0.597. The summed E-state index contributed by atoms with van der Waals surface area (Å²) in [6.07, 6.45) is 1.84. The van der Waals surface area contributed by atoms with Crippen LogP contribution in [0.15, 0.2) is 37.4 Å². The van der Waals surface area contributed by atoms with Crippen molar-refractivity contribution in [3.05, 3.63) is 48.6 Å². The molecule has 1 aromatic carbocycles. The first-order chi connectivity index (χ1) is 5.24. The van der Waals surface area contributed by atoms with E-state index in [4.69, 9.17) is 0 Å². The van der Waals surface area contributed by atoms with Gasteiger partial charge in [0.25, 0.3) is 0 Å². The summed E-state index contributed by atoms with van der Waals surface area (Å²) in [6.45, 7) is 9.54. The first-order valence-electron chi connectivity index (χ1n) is 3.62. The van der Waals surface area contributed by atoms with Crippen molar-refractivity contribution in [2.24, 2.45) is 0 Å². The van der Waals surface area contributed by atoms with Crippen molar-refractivity contribution in [1.29, 1.82) is 0 Å². The fourth-order valence-electron chi connectivity index (χ4n) is 0.904. The summed E-state index contributed by atoms with van der Waals surface area (Å²) < 4.78 is 0. The molecular weight excluding hydrogens is 132 g/mol. The summed E-state index contributed by atoms with van der Waals surface area (Å²) in [5.41, 5.74) is 3.44. The van der Waals surface area contributed by atoms with Crippen molar-refractivity contribution >= 4 is 11.6 Å². The number of hydrogen-bond acceptors (Lipinski definition) is 0. The summed E-state index contributed by atoms with van der Waals surface area (Å²) in [4.78, 5) is 0. The molecule has 0 spiro atoms. The van der Waals surface area contributed by atoms with Crippen molar-refractivity contribution in [1.82, 2.24) is 0 Å². The molecule has 0 aliphatic rings. The summed E-state index contributed by atoms with van der Waals surface area (Å²) in [5.74, 6) is 0. The van der Waals surface area contributed by atoms with Gasteiger partial charge in [-0.15, -0.1) is 0 Å². The van der Waals surface area contributed by atoms with Gasteiger partial charge in [0.2, 0.25) is 0 Å². The van der Waals surface area contributed by atoms with E-state index in [1.54, 1.807) is 0 Å². The second kappa shape index (κ2) is 3.20. The highest BCUT2D eigenvalue weighted by molar-refractivity contribution is 5.63. The van der Waals surface area contributed by atoms with Crippen molar-refractivity contribution in [3.8, 4) is 0 Å². The van der Waals surface area contributed by atoms with Crippen LogP contribution in [0.4, 0.5) is 0 Å². The largest absolute Gasteiger partial charge is 0.0985 e. The summed E-state index contributed by atoms with van der Waals surface area (Å²) in [5, 5.41) is 0. The summed E-state index contributed by atoms with van der Waals surface area (Å²) in [6, 6.07) is 8.19. The molecule has 0 fully saturated rings. The molecule has 0 aliphatic carbocycles. The van der Waals surface area contributed by atoms with E-state index in [0.717, 1.165) is 11.1 Å². The SMILES string of the molecule is C=Cc1ccc(C(=C)C)cc1. The maximum atomic E-state index is 3.86. The molecule has 0 aromatic heterocycles. The second-order valence-electron chi connectivity index (χ2n) is 2.61. The molecule has 0 heteroatoms. The predicted octanol–water partition coefficient (Wildman–Crippen LogP) is 3.36. The van der Waals surface area contributed by atoms with Crippen LogP contribution in [-0.2, 0) is 0 Å². The van der Waals surface area contributed by atoms with Gasteiger partial charge in [0.1, 0.15) is 0 Å². The Morgan fingerprint density at radius 2 is 1.82 bits per heavy atom. The van der Waals surface area contributed by atoms with Crippen LogP contribution in [0.1, 0.15) is 18.1 Å². The lowest BCUT2D eigenvalue weighted by Gasteiger charge is -1.98. The molecule has 1 aromatic rings. The van der Waals surface area contributed by atoms with Crippen molar-refractivity contribution in [2.45, 2.75) is 6.92 Å². The minimum Gasteiger partial charge on any atom is -0.0985 e. The zero-order valence-corrected chi connectivity index (χ0v) is 6.80. The molecule has 1 rings (SSSR count). The molecule has 0 aliphatic heterocycles.